The predicted octanol–water partition coefficient (Wildman–Crippen LogP) is 2.28. The number of furan rings is 1. The fourth-order valence-corrected chi connectivity index (χ4v) is 2.21. The zero-order valence-corrected chi connectivity index (χ0v) is 14.8. The van der Waals surface area contributed by atoms with E-state index in [0.29, 0.717) is 0 Å². The van der Waals surface area contributed by atoms with Crippen LogP contribution in [0.15, 0.2) is 77.6 Å². The molecule has 0 radical (unpaired) electrons. The Morgan fingerprint density at radius 3 is 1.38 bits per heavy atom. The maximum absolute atomic E-state index is 12.2. The van der Waals surface area contributed by atoms with Crippen molar-refractivity contribution in [2.24, 2.45) is 0 Å². The summed E-state index contributed by atoms with van der Waals surface area (Å²) in [5, 5.41) is 0. The summed E-state index contributed by atoms with van der Waals surface area (Å²) in [4.78, 5) is 57.5. The number of rotatable bonds is 4. The van der Waals surface area contributed by atoms with Gasteiger partial charge in [0.25, 0.3) is 11.8 Å². The fourth-order valence-electron chi connectivity index (χ4n) is 2.21. The van der Waals surface area contributed by atoms with Crippen molar-refractivity contribution in [3.63, 3.8) is 0 Å². The second kappa shape index (κ2) is 9.00. The van der Waals surface area contributed by atoms with Crippen LogP contribution in [-0.4, -0.2) is 23.8 Å². The van der Waals surface area contributed by atoms with Crippen molar-refractivity contribution in [2.75, 3.05) is 0 Å². The third-order valence-corrected chi connectivity index (χ3v) is 3.64. The molecule has 2 aromatic carbocycles. The van der Waals surface area contributed by atoms with E-state index in [4.69, 9.17) is 14.1 Å². The van der Waals surface area contributed by atoms with E-state index in [1.165, 1.54) is 24.3 Å². The van der Waals surface area contributed by atoms with Crippen LogP contribution >= 0.6 is 0 Å². The first-order valence-electron chi connectivity index (χ1n) is 8.25. The zero-order valence-electron chi connectivity index (χ0n) is 14.8. The standard InChI is InChI=1S/C20H14N2O7/c23-17(21-28-19(25)13-7-3-1-4-8-13)15-11-27-12-16(15)18(24)22-29-20(26)14-9-5-2-6-10-14/h1-12H,(H,21,23)(H,22,24). The van der Waals surface area contributed by atoms with Crippen molar-refractivity contribution in [1.82, 2.24) is 11.0 Å². The number of hydrogen-bond acceptors (Lipinski definition) is 7. The van der Waals surface area contributed by atoms with E-state index in [9.17, 15) is 19.2 Å². The summed E-state index contributed by atoms with van der Waals surface area (Å²) in [6, 6.07) is 16.0. The molecule has 1 aromatic heterocycles. The van der Waals surface area contributed by atoms with Crippen LogP contribution < -0.4 is 11.0 Å². The summed E-state index contributed by atoms with van der Waals surface area (Å²) in [6.45, 7) is 0. The second-order valence-corrected chi connectivity index (χ2v) is 5.57. The lowest BCUT2D eigenvalue weighted by Crippen LogP contribution is -2.31. The maximum atomic E-state index is 12.2. The molecule has 3 aromatic rings. The predicted molar refractivity (Wildman–Crippen MR) is 97.4 cm³/mol. The summed E-state index contributed by atoms with van der Waals surface area (Å²) in [5.74, 6) is -3.37. The van der Waals surface area contributed by atoms with Crippen LogP contribution in [0.1, 0.15) is 41.4 Å². The highest BCUT2D eigenvalue weighted by Crippen LogP contribution is 2.11. The molecule has 2 amide bonds. The first-order chi connectivity index (χ1) is 14.1. The molecule has 0 unspecified atom stereocenters. The Bertz CT molecular complexity index is 947. The SMILES string of the molecule is O=C(ONC(=O)c1cocc1C(=O)NOC(=O)c1ccccc1)c1ccccc1. The van der Waals surface area contributed by atoms with Crippen LogP contribution in [0, 0.1) is 0 Å². The van der Waals surface area contributed by atoms with E-state index in [0.717, 1.165) is 12.5 Å². The Morgan fingerprint density at radius 1 is 0.621 bits per heavy atom. The second-order valence-electron chi connectivity index (χ2n) is 5.57. The van der Waals surface area contributed by atoms with Gasteiger partial charge in [-0.15, -0.1) is 0 Å². The summed E-state index contributed by atoms with van der Waals surface area (Å²) < 4.78 is 4.87. The molecular formula is C20H14N2O7. The molecule has 29 heavy (non-hydrogen) atoms. The summed E-state index contributed by atoms with van der Waals surface area (Å²) in [7, 11) is 0. The summed E-state index contributed by atoms with van der Waals surface area (Å²) in [6.07, 6.45) is 1.97. The van der Waals surface area contributed by atoms with Gasteiger partial charge in [-0.1, -0.05) is 36.4 Å². The minimum Gasteiger partial charge on any atom is -0.471 e. The smallest absolute Gasteiger partial charge is 0.362 e. The third-order valence-electron chi connectivity index (χ3n) is 3.64. The monoisotopic (exact) mass is 394 g/mol. The van der Waals surface area contributed by atoms with E-state index < -0.39 is 23.8 Å². The molecule has 0 spiro atoms. The third kappa shape index (κ3) is 4.86. The number of carbonyl (C=O) groups is 4. The van der Waals surface area contributed by atoms with E-state index in [2.05, 4.69) is 0 Å². The number of hydroxylamine groups is 2. The highest BCUT2D eigenvalue weighted by molar-refractivity contribution is 6.07. The van der Waals surface area contributed by atoms with Crippen molar-refractivity contribution in [3.8, 4) is 0 Å². The van der Waals surface area contributed by atoms with Crippen LogP contribution in [0.4, 0.5) is 0 Å². The lowest BCUT2D eigenvalue weighted by atomic mass is 10.2. The topological polar surface area (TPSA) is 124 Å². The normalized spacial score (nSPS) is 9.93. The van der Waals surface area contributed by atoms with Crippen molar-refractivity contribution in [3.05, 3.63) is 95.4 Å². The molecule has 146 valence electrons. The molecule has 3 rings (SSSR count). The maximum Gasteiger partial charge on any atom is 0.362 e. The number of hydrogen-bond donors (Lipinski definition) is 2. The number of carbonyl (C=O) groups excluding carboxylic acids is 4. The van der Waals surface area contributed by atoms with Crippen molar-refractivity contribution < 1.29 is 33.3 Å². The molecule has 9 heteroatoms. The van der Waals surface area contributed by atoms with Gasteiger partial charge in [0.2, 0.25) is 0 Å². The summed E-state index contributed by atoms with van der Waals surface area (Å²) >= 11 is 0. The van der Waals surface area contributed by atoms with E-state index in [-0.39, 0.29) is 22.3 Å². The Morgan fingerprint density at radius 2 is 1.00 bits per heavy atom. The lowest BCUT2D eigenvalue weighted by Gasteiger charge is -2.07. The van der Waals surface area contributed by atoms with Gasteiger partial charge in [-0.2, -0.15) is 11.0 Å². The molecule has 0 bridgehead atoms. The molecule has 0 aliphatic carbocycles. The number of amides is 2. The molecule has 2 N–H and O–H groups in total. The van der Waals surface area contributed by atoms with Gasteiger partial charge in [-0.05, 0) is 24.3 Å². The van der Waals surface area contributed by atoms with Crippen LogP contribution in [0.2, 0.25) is 0 Å². The van der Waals surface area contributed by atoms with Crippen LogP contribution in [0.5, 0.6) is 0 Å². The van der Waals surface area contributed by atoms with E-state index >= 15 is 0 Å². The molecule has 0 aliphatic heterocycles. The summed E-state index contributed by atoms with van der Waals surface area (Å²) in [5.41, 5.74) is 3.88. The quantitative estimate of drug-likeness (QED) is 0.651. The Hall–Kier alpha value is -4.40. The van der Waals surface area contributed by atoms with Crippen molar-refractivity contribution in [2.45, 2.75) is 0 Å². The van der Waals surface area contributed by atoms with Crippen LogP contribution in [-0.2, 0) is 9.68 Å². The molecule has 0 saturated heterocycles. The largest absolute Gasteiger partial charge is 0.471 e. The average molecular weight is 394 g/mol. The van der Waals surface area contributed by atoms with Gasteiger partial charge in [-0.3, -0.25) is 9.59 Å². The van der Waals surface area contributed by atoms with E-state index in [1.807, 2.05) is 11.0 Å². The Labute approximate surface area is 164 Å². The van der Waals surface area contributed by atoms with Crippen molar-refractivity contribution >= 4 is 23.8 Å². The highest BCUT2D eigenvalue weighted by atomic mass is 16.7. The van der Waals surface area contributed by atoms with Gasteiger partial charge in [0.05, 0.1) is 22.3 Å². The minimum absolute atomic E-state index is 0.223. The number of benzene rings is 2. The van der Waals surface area contributed by atoms with Gasteiger partial charge in [0, 0.05) is 0 Å². The first-order valence-corrected chi connectivity index (χ1v) is 8.25. The van der Waals surface area contributed by atoms with Gasteiger partial charge < -0.3 is 14.1 Å². The van der Waals surface area contributed by atoms with Crippen molar-refractivity contribution in [1.29, 1.82) is 0 Å². The van der Waals surface area contributed by atoms with E-state index in [1.54, 1.807) is 36.4 Å². The average Bonchev–Trinajstić information content (AvgIpc) is 3.26. The lowest BCUT2D eigenvalue weighted by molar-refractivity contribution is 0.0217. The van der Waals surface area contributed by atoms with Gasteiger partial charge in [0.15, 0.2) is 0 Å². The van der Waals surface area contributed by atoms with Gasteiger partial charge in [-0.25, -0.2) is 9.59 Å². The van der Waals surface area contributed by atoms with Crippen LogP contribution in [0.25, 0.3) is 0 Å². The Kier molecular flexibility index (Phi) is 6.01. The zero-order chi connectivity index (χ0) is 20.6. The minimum atomic E-state index is -0.900. The number of nitrogens with one attached hydrogen (secondary N) is 2. The highest BCUT2D eigenvalue weighted by Gasteiger charge is 2.22. The van der Waals surface area contributed by atoms with Crippen LogP contribution in [0.3, 0.4) is 0 Å². The molecule has 1 heterocycles. The van der Waals surface area contributed by atoms with Gasteiger partial charge >= 0.3 is 11.9 Å². The molecular weight excluding hydrogens is 380 g/mol. The first kappa shape index (κ1) is 19.4. The molecule has 0 atom stereocenters. The Balaban J connectivity index is 1.58. The molecule has 9 nitrogen and oxygen atoms in total. The fraction of sp³-hybridized carbons (Fsp3) is 0. The molecule has 0 saturated carbocycles. The van der Waals surface area contributed by atoms with Gasteiger partial charge in [0.1, 0.15) is 12.5 Å². The molecule has 0 fully saturated rings. The molecule has 0 aliphatic rings.